The van der Waals surface area contributed by atoms with Crippen LogP contribution in [0.4, 0.5) is 0 Å². The minimum atomic E-state index is 0.732. The van der Waals surface area contributed by atoms with Crippen molar-refractivity contribution in [3.63, 3.8) is 0 Å². The lowest BCUT2D eigenvalue weighted by atomic mass is 9.80. The van der Waals surface area contributed by atoms with Gasteiger partial charge in [0, 0.05) is 11.8 Å². The first-order chi connectivity index (χ1) is 12.8. The number of benzene rings is 1. The molecule has 140 valence electrons. The fraction of sp³-hybridized carbons (Fsp3) is 0.542. The van der Waals surface area contributed by atoms with Crippen molar-refractivity contribution < 1.29 is 4.74 Å². The molecule has 0 spiro atoms. The van der Waals surface area contributed by atoms with Gasteiger partial charge in [0.1, 0.15) is 5.75 Å². The van der Waals surface area contributed by atoms with Gasteiger partial charge in [0.25, 0.3) is 0 Å². The van der Waals surface area contributed by atoms with E-state index >= 15 is 0 Å². The van der Waals surface area contributed by atoms with Crippen molar-refractivity contribution in [2.24, 2.45) is 11.8 Å². The van der Waals surface area contributed by atoms with Crippen LogP contribution in [-0.2, 0) is 6.42 Å². The van der Waals surface area contributed by atoms with Gasteiger partial charge in [-0.25, -0.2) is 0 Å². The van der Waals surface area contributed by atoms with Crippen LogP contribution in [0.1, 0.15) is 64.4 Å². The average Bonchev–Trinajstić information content (AvgIpc) is 2.69. The van der Waals surface area contributed by atoms with Crippen LogP contribution in [0.15, 0.2) is 42.6 Å². The van der Waals surface area contributed by atoms with Gasteiger partial charge in [-0.2, -0.15) is 0 Å². The highest BCUT2D eigenvalue weighted by molar-refractivity contribution is 5.60. The normalized spacial score (nSPS) is 20.1. The summed E-state index contributed by atoms with van der Waals surface area (Å²) >= 11 is 0. The van der Waals surface area contributed by atoms with Crippen LogP contribution in [-0.4, -0.2) is 11.6 Å². The summed E-state index contributed by atoms with van der Waals surface area (Å²) in [5.74, 6) is 2.68. The maximum Gasteiger partial charge on any atom is 0.119 e. The third-order valence-electron chi connectivity index (χ3n) is 5.66. The standard InChI is InChI=1S/C24H33NO/c1-3-5-19-7-9-21(10-8-19)18-26-23-14-12-22(13-15-23)24-16-11-20(6-4-2)17-25-24/h11-17,19,21H,3-10,18H2,1-2H3. The van der Waals surface area contributed by atoms with Crippen molar-refractivity contribution in [2.45, 2.75) is 65.2 Å². The van der Waals surface area contributed by atoms with Gasteiger partial charge < -0.3 is 4.74 Å². The molecule has 2 aromatic rings. The Morgan fingerprint density at radius 1 is 0.885 bits per heavy atom. The molecule has 0 saturated heterocycles. The van der Waals surface area contributed by atoms with Gasteiger partial charge in [0.15, 0.2) is 0 Å². The first-order valence-corrected chi connectivity index (χ1v) is 10.5. The van der Waals surface area contributed by atoms with Crippen LogP contribution in [0, 0.1) is 11.8 Å². The summed E-state index contributed by atoms with van der Waals surface area (Å²) in [7, 11) is 0. The van der Waals surface area contributed by atoms with E-state index in [1.165, 1.54) is 44.1 Å². The molecule has 1 aliphatic carbocycles. The van der Waals surface area contributed by atoms with Crippen molar-refractivity contribution in [2.75, 3.05) is 6.61 Å². The van der Waals surface area contributed by atoms with Crippen LogP contribution < -0.4 is 4.74 Å². The van der Waals surface area contributed by atoms with Gasteiger partial charge in [0.2, 0.25) is 0 Å². The number of aromatic nitrogens is 1. The Morgan fingerprint density at radius 2 is 1.62 bits per heavy atom. The Morgan fingerprint density at radius 3 is 2.23 bits per heavy atom. The zero-order valence-corrected chi connectivity index (χ0v) is 16.4. The number of rotatable bonds is 8. The Labute approximate surface area is 159 Å². The monoisotopic (exact) mass is 351 g/mol. The van der Waals surface area contributed by atoms with E-state index in [9.17, 15) is 0 Å². The SMILES string of the molecule is CCCc1ccc(-c2ccc(OCC3CCC(CCC)CC3)cc2)nc1. The second-order valence-corrected chi connectivity index (χ2v) is 7.81. The minimum Gasteiger partial charge on any atom is -0.493 e. The van der Waals surface area contributed by atoms with E-state index in [1.54, 1.807) is 0 Å². The highest BCUT2D eigenvalue weighted by atomic mass is 16.5. The van der Waals surface area contributed by atoms with Gasteiger partial charge in [0.05, 0.1) is 12.3 Å². The maximum atomic E-state index is 6.06. The van der Waals surface area contributed by atoms with Crippen LogP contribution >= 0.6 is 0 Å². The molecular formula is C24H33NO. The van der Waals surface area contributed by atoms with Crippen LogP contribution in [0.5, 0.6) is 5.75 Å². The lowest BCUT2D eigenvalue weighted by molar-refractivity contribution is 0.178. The van der Waals surface area contributed by atoms with Crippen molar-refractivity contribution in [3.05, 3.63) is 48.2 Å². The summed E-state index contributed by atoms with van der Waals surface area (Å²) in [6.45, 7) is 5.36. The first kappa shape index (κ1) is 18.9. The Hall–Kier alpha value is -1.83. The quantitative estimate of drug-likeness (QED) is 0.529. The van der Waals surface area contributed by atoms with Gasteiger partial charge in [-0.05, 0) is 67.0 Å². The molecule has 0 radical (unpaired) electrons. The third-order valence-corrected chi connectivity index (χ3v) is 5.66. The molecule has 0 aliphatic heterocycles. The predicted molar refractivity (Wildman–Crippen MR) is 110 cm³/mol. The number of aryl methyl sites for hydroxylation is 1. The molecule has 0 atom stereocenters. The molecule has 0 bridgehead atoms. The highest BCUT2D eigenvalue weighted by Crippen LogP contribution is 2.32. The van der Waals surface area contributed by atoms with Gasteiger partial charge in [-0.1, -0.05) is 52.0 Å². The van der Waals surface area contributed by atoms with Crippen LogP contribution in [0.3, 0.4) is 0 Å². The highest BCUT2D eigenvalue weighted by Gasteiger charge is 2.20. The molecule has 3 rings (SSSR count). The van der Waals surface area contributed by atoms with Gasteiger partial charge >= 0.3 is 0 Å². The van der Waals surface area contributed by atoms with Crippen molar-refractivity contribution in [1.82, 2.24) is 4.98 Å². The Kier molecular flexibility index (Phi) is 7.11. The number of ether oxygens (including phenoxy) is 1. The molecule has 1 saturated carbocycles. The smallest absolute Gasteiger partial charge is 0.119 e. The van der Waals surface area contributed by atoms with E-state index in [4.69, 9.17) is 4.74 Å². The Bertz CT molecular complexity index is 639. The fourth-order valence-corrected chi connectivity index (χ4v) is 4.06. The number of hydrogen-bond donors (Lipinski definition) is 0. The zero-order chi connectivity index (χ0) is 18.2. The van der Waals surface area contributed by atoms with E-state index in [0.29, 0.717) is 0 Å². The van der Waals surface area contributed by atoms with Crippen LogP contribution in [0.2, 0.25) is 0 Å². The van der Waals surface area contributed by atoms with Crippen molar-refractivity contribution in [1.29, 1.82) is 0 Å². The van der Waals surface area contributed by atoms with E-state index in [1.807, 2.05) is 6.20 Å². The molecule has 1 aromatic carbocycles. The summed E-state index contributed by atoms with van der Waals surface area (Å²) in [6, 6.07) is 12.7. The van der Waals surface area contributed by atoms with Gasteiger partial charge in [-0.3, -0.25) is 4.98 Å². The molecule has 1 heterocycles. The third kappa shape index (κ3) is 5.33. The molecule has 1 fully saturated rings. The van der Waals surface area contributed by atoms with E-state index in [-0.39, 0.29) is 0 Å². The largest absolute Gasteiger partial charge is 0.493 e. The molecule has 0 unspecified atom stereocenters. The molecule has 2 heteroatoms. The van der Waals surface area contributed by atoms with E-state index in [0.717, 1.165) is 48.3 Å². The molecule has 0 amide bonds. The molecule has 0 N–H and O–H groups in total. The van der Waals surface area contributed by atoms with Gasteiger partial charge in [-0.15, -0.1) is 0 Å². The maximum absolute atomic E-state index is 6.06. The molecule has 2 nitrogen and oxygen atoms in total. The van der Waals surface area contributed by atoms with Crippen molar-refractivity contribution in [3.8, 4) is 17.0 Å². The van der Waals surface area contributed by atoms with Crippen molar-refractivity contribution >= 4 is 0 Å². The molecule has 26 heavy (non-hydrogen) atoms. The van der Waals surface area contributed by atoms with Crippen LogP contribution in [0.25, 0.3) is 11.3 Å². The zero-order valence-electron chi connectivity index (χ0n) is 16.4. The summed E-state index contributed by atoms with van der Waals surface area (Å²) in [5.41, 5.74) is 3.50. The summed E-state index contributed by atoms with van der Waals surface area (Å²) < 4.78 is 6.06. The predicted octanol–water partition coefficient (Wildman–Crippen LogP) is 6.69. The van der Waals surface area contributed by atoms with E-state index < -0.39 is 0 Å². The molecular weight excluding hydrogens is 318 g/mol. The molecule has 1 aromatic heterocycles. The summed E-state index contributed by atoms with van der Waals surface area (Å²) in [6.07, 6.45) is 12.4. The first-order valence-electron chi connectivity index (χ1n) is 10.5. The number of pyridine rings is 1. The summed E-state index contributed by atoms with van der Waals surface area (Å²) in [4.78, 5) is 4.60. The lowest BCUT2D eigenvalue weighted by Crippen LogP contribution is -2.20. The topological polar surface area (TPSA) is 22.1 Å². The summed E-state index contributed by atoms with van der Waals surface area (Å²) in [5, 5.41) is 0. The van der Waals surface area contributed by atoms with E-state index in [2.05, 4.69) is 55.2 Å². The average molecular weight is 352 g/mol. The number of nitrogens with zero attached hydrogens (tertiary/aromatic N) is 1. The Balaban J connectivity index is 1.49. The lowest BCUT2D eigenvalue weighted by Gasteiger charge is -2.28. The second-order valence-electron chi connectivity index (χ2n) is 7.81. The number of hydrogen-bond acceptors (Lipinski definition) is 2. The molecule has 1 aliphatic rings. The minimum absolute atomic E-state index is 0.732. The fourth-order valence-electron chi connectivity index (χ4n) is 4.06. The second kappa shape index (κ2) is 9.75.